The van der Waals surface area contributed by atoms with Crippen molar-refractivity contribution in [3.63, 3.8) is 0 Å². The Balaban J connectivity index is 1.60. The van der Waals surface area contributed by atoms with E-state index in [1.807, 2.05) is 6.20 Å². The van der Waals surface area contributed by atoms with E-state index in [0.717, 1.165) is 0 Å². The third-order valence-electron chi connectivity index (χ3n) is 4.87. The molecule has 8 heteroatoms. The number of rotatable bonds is 2. The van der Waals surface area contributed by atoms with Crippen LogP contribution >= 0.6 is 0 Å². The summed E-state index contributed by atoms with van der Waals surface area (Å²) in [6.45, 7) is 3.70. The third kappa shape index (κ3) is 2.43. The summed E-state index contributed by atoms with van der Waals surface area (Å²) in [6, 6.07) is 1.79. The van der Waals surface area contributed by atoms with Gasteiger partial charge in [0, 0.05) is 51.1 Å². The Bertz CT molecular complexity index is 771. The van der Waals surface area contributed by atoms with Gasteiger partial charge in [0.25, 0.3) is 5.91 Å². The van der Waals surface area contributed by atoms with Crippen molar-refractivity contribution >= 4 is 17.6 Å². The van der Waals surface area contributed by atoms with Gasteiger partial charge in [0.15, 0.2) is 0 Å². The molecule has 4 rings (SSSR count). The Morgan fingerprint density at radius 1 is 1.46 bits per heavy atom. The molecule has 0 aliphatic carbocycles. The number of aromatic nitrogens is 3. The number of hydrogen-bond acceptors (Lipinski definition) is 5. The van der Waals surface area contributed by atoms with Crippen LogP contribution in [0.5, 0.6) is 0 Å². The Morgan fingerprint density at radius 3 is 3.12 bits per heavy atom. The van der Waals surface area contributed by atoms with Crippen LogP contribution in [-0.4, -0.2) is 62.9 Å². The van der Waals surface area contributed by atoms with Gasteiger partial charge in [-0.2, -0.15) is 0 Å². The third-order valence-corrected chi connectivity index (χ3v) is 4.87. The lowest BCUT2D eigenvalue weighted by Crippen LogP contribution is -2.57. The van der Waals surface area contributed by atoms with E-state index in [0.29, 0.717) is 44.2 Å². The van der Waals surface area contributed by atoms with Crippen molar-refractivity contribution in [2.24, 2.45) is 5.92 Å². The van der Waals surface area contributed by atoms with E-state index in [4.69, 9.17) is 4.74 Å². The van der Waals surface area contributed by atoms with Crippen LogP contribution in [0.1, 0.15) is 23.8 Å². The van der Waals surface area contributed by atoms with E-state index < -0.39 is 5.54 Å². The first-order valence-corrected chi connectivity index (χ1v) is 8.03. The van der Waals surface area contributed by atoms with Crippen molar-refractivity contribution < 1.29 is 14.3 Å². The van der Waals surface area contributed by atoms with Crippen LogP contribution in [0.3, 0.4) is 0 Å². The first kappa shape index (κ1) is 15.1. The highest BCUT2D eigenvalue weighted by molar-refractivity contribution is 5.93. The fraction of sp³-hybridized carbons (Fsp3) is 0.500. The molecule has 2 aromatic rings. The Hall–Kier alpha value is -2.48. The van der Waals surface area contributed by atoms with Crippen LogP contribution in [0.15, 0.2) is 24.7 Å². The van der Waals surface area contributed by atoms with Gasteiger partial charge in [-0.05, 0) is 12.5 Å². The number of carbonyl (C=O) groups is 2. The number of imidazole rings is 1. The minimum atomic E-state index is -0.392. The molecular weight excluding hydrogens is 310 g/mol. The molecule has 2 aliphatic rings. The van der Waals surface area contributed by atoms with Gasteiger partial charge < -0.3 is 15.0 Å². The maximum absolute atomic E-state index is 12.9. The molecule has 1 N–H and O–H groups in total. The topological polar surface area (TPSA) is 88.8 Å². The van der Waals surface area contributed by atoms with E-state index in [-0.39, 0.29) is 17.7 Å². The normalized spacial score (nSPS) is 26.4. The highest BCUT2D eigenvalue weighted by atomic mass is 16.5. The van der Waals surface area contributed by atoms with Gasteiger partial charge >= 0.3 is 0 Å². The summed E-state index contributed by atoms with van der Waals surface area (Å²) in [4.78, 5) is 34.7. The highest BCUT2D eigenvalue weighted by Gasteiger charge is 2.50. The van der Waals surface area contributed by atoms with E-state index in [1.165, 1.54) is 6.92 Å². The molecule has 4 heterocycles. The zero-order chi connectivity index (χ0) is 16.7. The molecule has 126 valence electrons. The van der Waals surface area contributed by atoms with Crippen molar-refractivity contribution in [1.82, 2.24) is 24.6 Å². The Kier molecular flexibility index (Phi) is 3.49. The fourth-order valence-electron chi connectivity index (χ4n) is 3.75. The van der Waals surface area contributed by atoms with E-state index >= 15 is 0 Å². The highest BCUT2D eigenvalue weighted by Crippen LogP contribution is 2.35. The molecule has 0 spiro atoms. The molecule has 2 amide bonds. The van der Waals surface area contributed by atoms with Crippen molar-refractivity contribution in [3.05, 3.63) is 30.4 Å². The van der Waals surface area contributed by atoms with E-state index in [2.05, 4.69) is 15.3 Å². The molecule has 2 saturated heterocycles. The van der Waals surface area contributed by atoms with Crippen molar-refractivity contribution in [1.29, 1.82) is 0 Å². The molecule has 0 saturated carbocycles. The summed E-state index contributed by atoms with van der Waals surface area (Å²) in [5, 5.41) is 3.07. The Labute approximate surface area is 138 Å². The van der Waals surface area contributed by atoms with E-state index in [1.54, 1.807) is 27.8 Å². The standard InChI is InChI=1S/C16H19N5O3/c1-11(22)19-16-3-6-24-9-12(16)7-21(10-16)14(23)13-8-20-5-2-4-17-15(20)18-13/h2,4-5,8,12H,3,6-7,9-10H2,1H3,(H,19,22). The lowest BCUT2D eigenvalue weighted by atomic mass is 9.83. The van der Waals surface area contributed by atoms with Crippen LogP contribution in [0, 0.1) is 5.92 Å². The molecule has 8 nitrogen and oxygen atoms in total. The van der Waals surface area contributed by atoms with Gasteiger partial charge in [-0.1, -0.05) is 0 Å². The minimum Gasteiger partial charge on any atom is -0.381 e. The number of nitrogens with one attached hydrogen (secondary N) is 1. The molecular formula is C16H19N5O3. The largest absolute Gasteiger partial charge is 0.381 e. The number of ether oxygens (including phenoxy) is 1. The summed E-state index contributed by atoms with van der Waals surface area (Å²) < 4.78 is 7.28. The van der Waals surface area contributed by atoms with Crippen molar-refractivity contribution in [2.45, 2.75) is 18.9 Å². The average molecular weight is 329 g/mol. The molecule has 0 aromatic carbocycles. The van der Waals surface area contributed by atoms with Gasteiger partial charge in [0.2, 0.25) is 11.7 Å². The van der Waals surface area contributed by atoms with Gasteiger partial charge in [-0.15, -0.1) is 0 Å². The van der Waals surface area contributed by atoms with Crippen molar-refractivity contribution in [2.75, 3.05) is 26.3 Å². The van der Waals surface area contributed by atoms with Crippen LogP contribution in [-0.2, 0) is 9.53 Å². The number of amides is 2. The van der Waals surface area contributed by atoms with Gasteiger partial charge in [-0.25, -0.2) is 9.97 Å². The number of carbonyl (C=O) groups excluding carboxylic acids is 2. The van der Waals surface area contributed by atoms with E-state index in [9.17, 15) is 9.59 Å². The second kappa shape index (κ2) is 5.55. The first-order chi connectivity index (χ1) is 11.6. The van der Waals surface area contributed by atoms with Crippen LogP contribution < -0.4 is 5.32 Å². The number of nitrogens with zero attached hydrogens (tertiary/aromatic N) is 4. The molecule has 24 heavy (non-hydrogen) atoms. The predicted octanol–water partition coefficient (Wildman–Crippen LogP) is 0.0965. The fourth-order valence-corrected chi connectivity index (χ4v) is 3.75. The number of likely N-dealkylation sites (tertiary alicyclic amines) is 1. The quantitative estimate of drug-likeness (QED) is 0.844. The summed E-state index contributed by atoms with van der Waals surface area (Å²) >= 11 is 0. The van der Waals surface area contributed by atoms with Gasteiger partial charge in [-0.3, -0.25) is 14.0 Å². The van der Waals surface area contributed by atoms with Crippen molar-refractivity contribution in [3.8, 4) is 0 Å². The molecule has 2 unspecified atom stereocenters. The monoisotopic (exact) mass is 329 g/mol. The first-order valence-electron chi connectivity index (χ1n) is 8.03. The maximum Gasteiger partial charge on any atom is 0.274 e. The summed E-state index contributed by atoms with van der Waals surface area (Å²) in [5.74, 6) is 0.388. The molecule has 0 radical (unpaired) electrons. The predicted molar refractivity (Wildman–Crippen MR) is 84.4 cm³/mol. The number of fused-ring (bicyclic) bond motifs is 2. The molecule has 0 bridgehead atoms. The summed E-state index contributed by atoms with van der Waals surface area (Å²) in [6.07, 6.45) is 5.86. The lowest BCUT2D eigenvalue weighted by Gasteiger charge is -2.38. The van der Waals surface area contributed by atoms with Crippen LogP contribution in [0.2, 0.25) is 0 Å². The summed E-state index contributed by atoms with van der Waals surface area (Å²) in [5.41, 5.74) is -0.0248. The van der Waals surface area contributed by atoms with Gasteiger partial charge in [0.05, 0.1) is 12.1 Å². The Morgan fingerprint density at radius 2 is 2.33 bits per heavy atom. The average Bonchev–Trinajstić information content (AvgIpc) is 3.14. The number of hydrogen-bond donors (Lipinski definition) is 1. The zero-order valence-corrected chi connectivity index (χ0v) is 13.4. The summed E-state index contributed by atoms with van der Waals surface area (Å²) in [7, 11) is 0. The van der Waals surface area contributed by atoms with Gasteiger partial charge in [0.1, 0.15) is 5.69 Å². The molecule has 2 aromatic heterocycles. The van der Waals surface area contributed by atoms with Crippen LogP contribution in [0.4, 0.5) is 0 Å². The second-order valence-corrected chi connectivity index (χ2v) is 6.50. The zero-order valence-electron chi connectivity index (χ0n) is 13.4. The molecule has 2 aliphatic heterocycles. The maximum atomic E-state index is 12.9. The molecule has 2 fully saturated rings. The smallest absolute Gasteiger partial charge is 0.274 e. The SMILES string of the molecule is CC(=O)NC12CCOCC1CN(C(=O)c1cn3cccnc3n1)C2. The lowest BCUT2D eigenvalue weighted by molar-refractivity contribution is -0.122. The van der Waals surface area contributed by atoms with Crippen LogP contribution in [0.25, 0.3) is 5.78 Å². The molecule has 2 atom stereocenters. The minimum absolute atomic E-state index is 0.0758. The second-order valence-electron chi connectivity index (χ2n) is 6.50.